The Morgan fingerprint density at radius 3 is 2.88 bits per heavy atom. The lowest BCUT2D eigenvalue weighted by molar-refractivity contribution is -0.143. The zero-order chi connectivity index (χ0) is 12.4. The molecule has 0 unspecified atom stereocenters. The van der Waals surface area contributed by atoms with E-state index >= 15 is 0 Å². The summed E-state index contributed by atoms with van der Waals surface area (Å²) in [6.45, 7) is 2.15. The molecule has 1 aromatic heterocycles. The fraction of sp³-hybridized carbons (Fsp3) is 0.545. The van der Waals surface area contributed by atoms with E-state index in [2.05, 4.69) is 5.16 Å². The molecule has 0 saturated carbocycles. The monoisotopic (exact) mass is 238 g/mol. The van der Waals surface area contributed by atoms with E-state index in [1.54, 1.807) is 6.92 Å². The minimum absolute atomic E-state index is 0.177. The van der Waals surface area contributed by atoms with E-state index < -0.39 is 12.0 Å². The Morgan fingerprint density at radius 2 is 2.29 bits per heavy atom. The van der Waals surface area contributed by atoms with Crippen molar-refractivity contribution in [3.05, 3.63) is 17.5 Å². The molecule has 1 atom stereocenters. The first-order chi connectivity index (χ1) is 8.09. The van der Waals surface area contributed by atoms with Gasteiger partial charge in [0.25, 0.3) is 5.91 Å². The molecule has 0 aromatic carbocycles. The SMILES string of the molecule is Cc1cc(C(=O)N2CCCC[C@@H]2C(=O)O)no1. The van der Waals surface area contributed by atoms with Crippen LogP contribution in [0.4, 0.5) is 0 Å². The molecule has 0 bridgehead atoms. The van der Waals surface area contributed by atoms with Gasteiger partial charge in [-0.25, -0.2) is 4.79 Å². The van der Waals surface area contributed by atoms with Gasteiger partial charge in [0.2, 0.25) is 0 Å². The van der Waals surface area contributed by atoms with E-state index in [1.807, 2.05) is 0 Å². The number of carbonyl (C=O) groups excluding carboxylic acids is 1. The lowest BCUT2D eigenvalue weighted by Gasteiger charge is -2.32. The Labute approximate surface area is 98.2 Å². The second-order valence-corrected chi connectivity index (χ2v) is 4.17. The molecule has 0 aliphatic carbocycles. The van der Waals surface area contributed by atoms with Crippen LogP contribution in [0.15, 0.2) is 10.6 Å². The summed E-state index contributed by atoms with van der Waals surface area (Å²) in [5.41, 5.74) is 0.177. The van der Waals surface area contributed by atoms with Crippen LogP contribution >= 0.6 is 0 Å². The summed E-state index contributed by atoms with van der Waals surface area (Å²) in [7, 11) is 0. The molecule has 1 fully saturated rings. The first-order valence-corrected chi connectivity index (χ1v) is 5.56. The average molecular weight is 238 g/mol. The smallest absolute Gasteiger partial charge is 0.326 e. The molecule has 17 heavy (non-hydrogen) atoms. The van der Waals surface area contributed by atoms with E-state index in [9.17, 15) is 9.59 Å². The Morgan fingerprint density at radius 1 is 1.53 bits per heavy atom. The first-order valence-electron chi connectivity index (χ1n) is 5.56. The van der Waals surface area contributed by atoms with Crippen molar-refractivity contribution in [1.82, 2.24) is 10.1 Å². The summed E-state index contributed by atoms with van der Waals surface area (Å²) in [6.07, 6.45) is 2.16. The summed E-state index contributed by atoms with van der Waals surface area (Å²) in [5.74, 6) is -0.788. The molecular weight excluding hydrogens is 224 g/mol. The fourth-order valence-corrected chi connectivity index (χ4v) is 2.05. The molecule has 1 aliphatic rings. The van der Waals surface area contributed by atoms with Gasteiger partial charge in [0.05, 0.1) is 0 Å². The lowest BCUT2D eigenvalue weighted by atomic mass is 10.0. The fourth-order valence-electron chi connectivity index (χ4n) is 2.05. The van der Waals surface area contributed by atoms with Gasteiger partial charge in [-0.15, -0.1) is 0 Å². The standard InChI is InChI=1S/C11H14N2O4/c1-7-6-8(12-17-7)10(14)13-5-3-2-4-9(13)11(15)16/h6,9H,2-5H2,1H3,(H,15,16)/t9-/m1/s1. The number of hydrogen-bond acceptors (Lipinski definition) is 4. The van der Waals surface area contributed by atoms with Gasteiger partial charge in [-0.05, 0) is 26.2 Å². The molecule has 6 heteroatoms. The highest BCUT2D eigenvalue weighted by atomic mass is 16.5. The third kappa shape index (κ3) is 2.30. The predicted octanol–water partition coefficient (Wildman–Crippen LogP) is 1.06. The van der Waals surface area contributed by atoms with Crippen molar-refractivity contribution in [2.24, 2.45) is 0 Å². The number of piperidine rings is 1. The molecule has 0 radical (unpaired) electrons. The second-order valence-electron chi connectivity index (χ2n) is 4.17. The third-order valence-electron chi connectivity index (χ3n) is 2.90. The highest BCUT2D eigenvalue weighted by Gasteiger charge is 2.33. The van der Waals surface area contributed by atoms with Gasteiger partial charge in [-0.2, -0.15) is 0 Å². The Bertz CT molecular complexity index is 440. The number of nitrogens with zero attached hydrogens (tertiary/aromatic N) is 2. The van der Waals surface area contributed by atoms with E-state index in [1.165, 1.54) is 11.0 Å². The lowest BCUT2D eigenvalue weighted by Crippen LogP contribution is -2.48. The molecule has 1 N–H and O–H groups in total. The maximum absolute atomic E-state index is 12.1. The predicted molar refractivity (Wildman–Crippen MR) is 57.6 cm³/mol. The maximum Gasteiger partial charge on any atom is 0.326 e. The van der Waals surface area contributed by atoms with Gasteiger partial charge in [0.1, 0.15) is 11.8 Å². The summed E-state index contributed by atoms with van der Waals surface area (Å²) >= 11 is 0. The van der Waals surface area contributed by atoms with Crippen molar-refractivity contribution in [3.8, 4) is 0 Å². The molecule has 0 spiro atoms. The normalized spacial score (nSPS) is 20.3. The van der Waals surface area contributed by atoms with Gasteiger partial charge in [-0.3, -0.25) is 4.79 Å². The maximum atomic E-state index is 12.1. The van der Waals surface area contributed by atoms with Gasteiger partial charge < -0.3 is 14.5 Å². The summed E-state index contributed by atoms with van der Waals surface area (Å²) < 4.78 is 4.83. The van der Waals surface area contributed by atoms with Gasteiger partial charge in [-0.1, -0.05) is 5.16 Å². The van der Waals surface area contributed by atoms with Crippen LogP contribution in [0.1, 0.15) is 35.5 Å². The van der Waals surface area contributed by atoms with E-state index in [0.29, 0.717) is 18.7 Å². The summed E-state index contributed by atoms with van der Waals surface area (Å²) in [6, 6.07) is 0.781. The third-order valence-corrected chi connectivity index (χ3v) is 2.90. The Kier molecular flexibility index (Phi) is 3.12. The second kappa shape index (κ2) is 4.57. The van der Waals surface area contributed by atoms with E-state index in [-0.39, 0.29) is 11.6 Å². The molecule has 1 amide bonds. The number of aromatic nitrogens is 1. The number of carboxylic acid groups (broad SMARTS) is 1. The summed E-state index contributed by atoms with van der Waals surface area (Å²) in [4.78, 5) is 24.5. The topological polar surface area (TPSA) is 83.6 Å². The van der Waals surface area contributed by atoms with Crippen molar-refractivity contribution in [1.29, 1.82) is 0 Å². The quantitative estimate of drug-likeness (QED) is 0.832. The number of amides is 1. The van der Waals surface area contributed by atoms with Crippen LogP contribution in [-0.2, 0) is 4.79 Å². The molecule has 6 nitrogen and oxygen atoms in total. The van der Waals surface area contributed by atoms with Crippen LogP contribution in [0.5, 0.6) is 0 Å². The van der Waals surface area contributed by atoms with Crippen molar-refractivity contribution < 1.29 is 19.2 Å². The van der Waals surface area contributed by atoms with E-state index in [4.69, 9.17) is 9.63 Å². The van der Waals surface area contributed by atoms with Crippen LogP contribution in [0.25, 0.3) is 0 Å². The van der Waals surface area contributed by atoms with Gasteiger partial charge in [0.15, 0.2) is 5.69 Å². The highest BCUT2D eigenvalue weighted by molar-refractivity contribution is 5.95. The largest absolute Gasteiger partial charge is 0.480 e. The summed E-state index contributed by atoms with van der Waals surface area (Å²) in [5, 5.41) is 12.7. The molecule has 2 rings (SSSR count). The zero-order valence-electron chi connectivity index (χ0n) is 9.55. The average Bonchev–Trinajstić information content (AvgIpc) is 2.75. The minimum Gasteiger partial charge on any atom is -0.480 e. The molecule has 92 valence electrons. The number of aryl methyl sites for hydroxylation is 1. The molecule has 1 aliphatic heterocycles. The number of rotatable bonds is 2. The zero-order valence-corrected chi connectivity index (χ0v) is 9.55. The Balaban J connectivity index is 2.19. The number of hydrogen-bond donors (Lipinski definition) is 1. The van der Waals surface area contributed by atoms with Crippen LogP contribution in [0.2, 0.25) is 0 Å². The van der Waals surface area contributed by atoms with Crippen LogP contribution in [0.3, 0.4) is 0 Å². The molecule has 1 saturated heterocycles. The molecular formula is C11H14N2O4. The van der Waals surface area contributed by atoms with Crippen LogP contribution in [-0.4, -0.2) is 39.6 Å². The van der Waals surface area contributed by atoms with Crippen molar-refractivity contribution in [2.75, 3.05) is 6.54 Å². The van der Waals surface area contributed by atoms with E-state index in [0.717, 1.165) is 12.8 Å². The van der Waals surface area contributed by atoms with Crippen LogP contribution < -0.4 is 0 Å². The number of aliphatic carboxylic acids is 1. The molecule has 2 heterocycles. The van der Waals surface area contributed by atoms with Gasteiger partial charge >= 0.3 is 5.97 Å². The van der Waals surface area contributed by atoms with Gasteiger partial charge in [0, 0.05) is 12.6 Å². The highest BCUT2D eigenvalue weighted by Crippen LogP contribution is 2.19. The number of likely N-dealkylation sites (tertiary alicyclic amines) is 1. The van der Waals surface area contributed by atoms with Crippen LogP contribution in [0, 0.1) is 6.92 Å². The van der Waals surface area contributed by atoms with Crippen molar-refractivity contribution in [3.63, 3.8) is 0 Å². The minimum atomic E-state index is -0.960. The number of carbonyl (C=O) groups is 2. The number of carboxylic acids is 1. The first kappa shape index (κ1) is 11.6. The molecule has 1 aromatic rings. The van der Waals surface area contributed by atoms with Crippen molar-refractivity contribution >= 4 is 11.9 Å². The van der Waals surface area contributed by atoms with Crippen molar-refractivity contribution in [2.45, 2.75) is 32.2 Å². The Hall–Kier alpha value is -1.85.